The molecule has 0 heterocycles. The van der Waals surface area contributed by atoms with Gasteiger partial charge in [0.05, 0.1) is 7.11 Å². The van der Waals surface area contributed by atoms with E-state index in [1.165, 1.54) is 7.11 Å². The predicted octanol–water partition coefficient (Wildman–Crippen LogP) is 4.08. The summed E-state index contributed by atoms with van der Waals surface area (Å²) in [7, 11) is 1.27. The summed E-state index contributed by atoms with van der Waals surface area (Å²) in [4.78, 5) is 23.5. The van der Waals surface area contributed by atoms with E-state index < -0.39 is 15.8 Å². The molecule has 0 aliphatic heterocycles. The first kappa shape index (κ1) is 20.4. The maximum Gasteiger partial charge on any atom is 0.343 e. The topological polar surface area (TPSA) is 64.6 Å². The fraction of sp³-hybridized carbons (Fsp3) is 0.222. The second-order valence-corrected chi connectivity index (χ2v) is 7.62. The number of halogens is 3. The van der Waals surface area contributed by atoms with E-state index in [9.17, 15) is 9.59 Å². The van der Waals surface area contributed by atoms with E-state index in [4.69, 9.17) is 39.5 Å². The number of methoxy groups -OCH3 is 1. The Bertz CT molecular complexity index is 745. The fourth-order valence-electron chi connectivity index (χ4n) is 2.12. The molecule has 0 saturated carbocycles. The fourth-order valence-corrected chi connectivity index (χ4v) is 2.66. The van der Waals surface area contributed by atoms with Gasteiger partial charge < -0.3 is 14.8 Å². The van der Waals surface area contributed by atoms with E-state index in [1.807, 2.05) is 0 Å². The highest BCUT2D eigenvalue weighted by molar-refractivity contribution is 6.68. The first-order valence-electron chi connectivity index (χ1n) is 7.53. The van der Waals surface area contributed by atoms with E-state index in [0.29, 0.717) is 16.9 Å². The minimum Gasteiger partial charge on any atom is -0.482 e. The van der Waals surface area contributed by atoms with Crippen molar-refractivity contribution in [2.75, 3.05) is 13.7 Å². The Balaban J connectivity index is 2.14. The molecule has 0 aliphatic carbocycles. The number of carbonyl (C=O) groups is 2. The Hall–Kier alpha value is -1.95. The molecule has 0 unspecified atom stereocenters. The van der Waals surface area contributed by atoms with Crippen molar-refractivity contribution in [2.24, 2.45) is 0 Å². The molecule has 0 bridgehead atoms. The van der Waals surface area contributed by atoms with Crippen molar-refractivity contribution in [1.29, 1.82) is 0 Å². The second kappa shape index (κ2) is 9.12. The number of hydrogen-bond acceptors (Lipinski definition) is 4. The summed E-state index contributed by atoms with van der Waals surface area (Å²) >= 11 is 18.2. The second-order valence-electron chi connectivity index (χ2n) is 5.25. The molecular formula is C18H16Cl3NO4. The minimum absolute atomic E-state index is 0.214. The van der Waals surface area contributed by atoms with Gasteiger partial charge in [0.25, 0.3) is 5.91 Å². The molecule has 0 aromatic heterocycles. The molecule has 26 heavy (non-hydrogen) atoms. The lowest BCUT2D eigenvalue weighted by Gasteiger charge is -2.26. The molecule has 0 radical (unpaired) electrons. The summed E-state index contributed by atoms with van der Waals surface area (Å²) in [5.74, 6) is -0.423. The summed E-state index contributed by atoms with van der Waals surface area (Å²) in [5.41, 5.74) is 1.02. The van der Waals surface area contributed by atoms with Gasteiger partial charge in [0.1, 0.15) is 11.8 Å². The summed E-state index contributed by atoms with van der Waals surface area (Å²) in [6.07, 6.45) is 0. The highest BCUT2D eigenvalue weighted by Gasteiger charge is 2.35. The van der Waals surface area contributed by atoms with Gasteiger partial charge in [-0.1, -0.05) is 65.1 Å². The van der Waals surface area contributed by atoms with Gasteiger partial charge in [-0.3, -0.25) is 4.79 Å². The van der Waals surface area contributed by atoms with Gasteiger partial charge in [0.2, 0.25) is 3.79 Å². The van der Waals surface area contributed by atoms with Gasteiger partial charge in [-0.25, -0.2) is 4.79 Å². The number of benzene rings is 2. The molecule has 5 nitrogen and oxygen atoms in total. The van der Waals surface area contributed by atoms with Gasteiger partial charge in [-0.2, -0.15) is 0 Å². The minimum atomic E-state index is -1.77. The zero-order valence-electron chi connectivity index (χ0n) is 13.7. The molecule has 2 aromatic carbocycles. The maximum atomic E-state index is 12.4. The van der Waals surface area contributed by atoms with Crippen LogP contribution in [0.15, 0.2) is 54.6 Å². The van der Waals surface area contributed by atoms with Crippen molar-refractivity contribution >= 4 is 46.7 Å². The van der Waals surface area contributed by atoms with Gasteiger partial charge in [-0.05, 0) is 29.8 Å². The summed E-state index contributed by atoms with van der Waals surface area (Å²) < 4.78 is 8.00. The number of esters is 1. The molecule has 0 spiro atoms. The average molecular weight is 417 g/mol. The number of rotatable bonds is 6. The molecule has 1 amide bonds. The number of ether oxygens (including phenoxy) is 2. The first-order valence-corrected chi connectivity index (χ1v) is 8.67. The Morgan fingerprint density at radius 3 is 2.19 bits per heavy atom. The highest BCUT2D eigenvalue weighted by Crippen LogP contribution is 2.40. The first-order chi connectivity index (χ1) is 12.3. The number of alkyl halides is 3. The van der Waals surface area contributed by atoms with Gasteiger partial charge in [0.15, 0.2) is 6.61 Å². The lowest BCUT2D eigenvalue weighted by Crippen LogP contribution is -2.36. The Morgan fingerprint density at radius 1 is 1.04 bits per heavy atom. The zero-order valence-corrected chi connectivity index (χ0v) is 16.0. The van der Waals surface area contributed by atoms with Crippen molar-refractivity contribution < 1.29 is 19.1 Å². The van der Waals surface area contributed by atoms with Crippen molar-refractivity contribution in [3.05, 3.63) is 65.7 Å². The standard InChI is InChI=1S/C18H16Cl3NO4/c1-25-15(23)11-26-14-9-7-12(8-10-14)16(18(19,20)21)22-17(24)13-5-3-2-4-6-13/h2-10,16H,11H2,1H3,(H,22,24)/t16-/m1/s1. The molecule has 0 saturated heterocycles. The highest BCUT2D eigenvalue weighted by atomic mass is 35.6. The van der Waals surface area contributed by atoms with Crippen LogP contribution in [0.5, 0.6) is 5.75 Å². The zero-order chi connectivity index (χ0) is 19.2. The number of amides is 1. The van der Waals surface area contributed by atoms with E-state index >= 15 is 0 Å². The predicted molar refractivity (Wildman–Crippen MR) is 101 cm³/mol. The maximum absolute atomic E-state index is 12.4. The Labute approximate surface area is 166 Å². The van der Waals surface area contributed by atoms with Crippen LogP contribution >= 0.6 is 34.8 Å². The summed E-state index contributed by atoms with van der Waals surface area (Å²) in [6.45, 7) is -0.214. The van der Waals surface area contributed by atoms with Crippen molar-refractivity contribution in [3.63, 3.8) is 0 Å². The van der Waals surface area contributed by atoms with Gasteiger partial charge >= 0.3 is 5.97 Å². The smallest absolute Gasteiger partial charge is 0.343 e. The lowest BCUT2D eigenvalue weighted by molar-refractivity contribution is -0.142. The number of hydrogen-bond donors (Lipinski definition) is 1. The third kappa shape index (κ3) is 5.80. The molecule has 0 aliphatic rings. The Kier molecular flexibility index (Phi) is 7.14. The summed E-state index contributed by atoms with van der Waals surface area (Å²) in [5, 5.41) is 2.72. The van der Waals surface area contributed by atoms with E-state index in [0.717, 1.165) is 0 Å². The van der Waals surface area contributed by atoms with Crippen LogP contribution in [0.3, 0.4) is 0 Å². The third-order valence-electron chi connectivity index (χ3n) is 3.44. The summed E-state index contributed by atoms with van der Waals surface area (Å²) in [6, 6.07) is 14.2. The van der Waals surface area contributed by atoms with Crippen LogP contribution < -0.4 is 10.1 Å². The van der Waals surface area contributed by atoms with E-state index in [1.54, 1.807) is 54.6 Å². The third-order valence-corrected chi connectivity index (χ3v) is 4.09. The quantitative estimate of drug-likeness (QED) is 0.569. The normalized spacial score (nSPS) is 12.2. The van der Waals surface area contributed by atoms with Crippen LogP contribution in [0, 0.1) is 0 Å². The van der Waals surface area contributed by atoms with Crippen molar-refractivity contribution in [2.45, 2.75) is 9.83 Å². The Morgan fingerprint density at radius 2 is 1.65 bits per heavy atom. The van der Waals surface area contributed by atoms with Crippen molar-refractivity contribution in [3.8, 4) is 5.75 Å². The molecule has 0 fully saturated rings. The lowest BCUT2D eigenvalue weighted by atomic mass is 10.1. The van der Waals surface area contributed by atoms with Crippen molar-refractivity contribution in [1.82, 2.24) is 5.32 Å². The van der Waals surface area contributed by atoms with Crippen LogP contribution in [0.1, 0.15) is 22.0 Å². The average Bonchev–Trinajstić information content (AvgIpc) is 2.64. The SMILES string of the molecule is COC(=O)COc1ccc([C@@H](NC(=O)c2ccccc2)C(Cl)(Cl)Cl)cc1. The number of nitrogens with one attached hydrogen (secondary N) is 1. The molecule has 1 N–H and O–H groups in total. The van der Waals surface area contributed by atoms with E-state index in [2.05, 4.69) is 10.1 Å². The monoisotopic (exact) mass is 415 g/mol. The van der Waals surface area contributed by atoms with Crippen LogP contribution in [0.4, 0.5) is 0 Å². The molecule has 2 rings (SSSR count). The van der Waals surface area contributed by atoms with Gasteiger partial charge in [-0.15, -0.1) is 0 Å². The molecule has 138 valence electrons. The van der Waals surface area contributed by atoms with E-state index in [-0.39, 0.29) is 12.5 Å². The molecular weight excluding hydrogens is 401 g/mol. The van der Waals surface area contributed by atoms with Crippen LogP contribution in [-0.2, 0) is 9.53 Å². The largest absolute Gasteiger partial charge is 0.482 e. The van der Waals surface area contributed by atoms with Crippen LogP contribution in [0.2, 0.25) is 0 Å². The van der Waals surface area contributed by atoms with Crippen LogP contribution in [-0.4, -0.2) is 29.4 Å². The number of carbonyl (C=O) groups excluding carboxylic acids is 2. The molecule has 8 heteroatoms. The van der Waals surface area contributed by atoms with Crippen LogP contribution in [0.25, 0.3) is 0 Å². The van der Waals surface area contributed by atoms with Gasteiger partial charge in [0, 0.05) is 5.56 Å². The molecule has 1 atom stereocenters. The molecule has 2 aromatic rings.